The largest absolute Gasteiger partial charge is 0.393 e. The van der Waals surface area contributed by atoms with Crippen LogP contribution in [0.4, 0.5) is 0 Å². The summed E-state index contributed by atoms with van der Waals surface area (Å²) in [6, 6.07) is 0.981. The van der Waals surface area contributed by atoms with Gasteiger partial charge in [-0.3, -0.25) is 4.90 Å². The first-order valence-electron chi connectivity index (χ1n) is 5.27. The molecule has 2 atom stereocenters. The minimum atomic E-state index is 0.446. The van der Waals surface area contributed by atoms with Crippen molar-refractivity contribution >= 4 is 17.2 Å². The minimum absolute atomic E-state index is 0.446. The van der Waals surface area contributed by atoms with Crippen LogP contribution < -0.4 is 5.73 Å². The molecule has 0 amide bonds. The molecule has 0 radical (unpaired) electrons. The molecule has 82 valence electrons. The zero-order valence-electron chi connectivity index (χ0n) is 9.03. The fraction of sp³-hybridized carbons (Fsp3) is 0.900. The van der Waals surface area contributed by atoms with Gasteiger partial charge in [0.1, 0.15) is 0 Å². The summed E-state index contributed by atoms with van der Waals surface area (Å²) in [6.45, 7) is 7.06. The Balaban J connectivity index is 2.49. The monoisotopic (exact) mass is 216 g/mol. The fourth-order valence-electron chi connectivity index (χ4n) is 2.01. The van der Waals surface area contributed by atoms with Gasteiger partial charge >= 0.3 is 0 Å². The van der Waals surface area contributed by atoms with Gasteiger partial charge in [0, 0.05) is 25.0 Å². The maximum absolute atomic E-state index is 5.56. The molecule has 1 aliphatic heterocycles. The second kappa shape index (κ2) is 5.63. The molecule has 1 fully saturated rings. The topological polar surface area (TPSA) is 38.5 Å². The first kappa shape index (κ1) is 11.9. The van der Waals surface area contributed by atoms with Crippen LogP contribution in [0.2, 0.25) is 0 Å². The van der Waals surface area contributed by atoms with Gasteiger partial charge in [-0.15, -0.1) is 0 Å². The number of thiocarbonyl (C=S) groups is 1. The van der Waals surface area contributed by atoms with E-state index in [-0.39, 0.29) is 0 Å². The van der Waals surface area contributed by atoms with Crippen molar-refractivity contribution in [3.8, 4) is 0 Å². The maximum atomic E-state index is 5.56. The molecule has 0 aliphatic carbocycles. The lowest BCUT2D eigenvalue weighted by Crippen LogP contribution is -2.50. The molecule has 0 spiro atoms. The van der Waals surface area contributed by atoms with Crippen LogP contribution in [-0.2, 0) is 4.74 Å². The molecule has 0 bridgehead atoms. The van der Waals surface area contributed by atoms with Crippen LogP contribution in [0.1, 0.15) is 26.7 Å². The number of hydrogen-bond acceptors (Lipinski definition) is 3. The average Bonchev–Trinajstić information content (AvgIpc) is 2.16. The molecule has 1 rings (SSSR count). The molecular weight excluding hydrogens is 196 g/mol. The summed E-state index contributed by atoms with van der Waals surface area (Å²) < 4.78 is 5.45. The zero-order valence-corrected chi connectivity index (χ0v) is 9.85. The predicted molar refractivity (Wildman–Crippen MR) is 62.5 cm³/mol. The Hall–Kier alpha value is -0.190. The number of ether oxygens (including phenoxy) is 1. The van der Waals surface area contributed by atoms with E-state index in [1.165, 1.54) is 0 Å². The van der Waals surface area contributed by atoms with Gasteiger partial charge in [0.15, 0.2) is 0 Å². The SMILES string of the molecule is CCC1COCCN1C(C)CC(N)=S. The van der Waals surface area contributed by atoms with Crippen molar-refractivity contribution in [2.24, 2.45) is 5.73 Å². The molecule has 0 aromatic carbocycles. The van der Waals surface area contributed by atoms with Crippen molar-refractivity contribution in [1.82, 2.24) is 4.90 Å². The van der Waals surface area contributed by atoms with Gasteiger partial charge in [-0.05, 0) is 13.3 Å². The molecule has 1 aliphatic rings. The molecule has 2 N–H and O–H groups in total. The summed E-state index contributed by atoms with van der Waals surface area (Å²) >= 11 is 4.94. The van der Waals surface area contributed by atoms with E-state index in [0.29, 0.717) is 17.1 Å². The quantitative estimate of drug-likeness (QED) is 0.716. The van der Waals surface area contributed by atoms with E-state index >= 15 is 0 Å². The highest BCUT2D eigenvalue weighted by molar-refractivity contribution is 7.80. The Kier molecular flexibility index (Phi) is 4.78. The Labute approximate surface area is 91.6 Å². The molecular formula is C10H20N2OS. The van der Waals surface area contributed by atoms with E-state index < -0.39 is 0 Å². The third-order valence-electron chi connectivity index (χ3n) is 2.81. The van der Waals surface area contributed by atoms with E-state index in [9.17, 15) is 0 Å². The van der Waals surface area contributed by atoms with Crippen LogP contribution in [-0.4, -0.2) is 41.7 Å². The molecule has 0 aromatic rings. The van der Waals surface area contributed by atoms with E-state index in [1.54, 1.807) is 0 Å². The molecule has 0 aromatic heterocycles. The van der Waals surface area contributed by atoms with E-state index in [2.05, 4.69) is 18.7 Å². The van der Waals surface area contributed by atoms with Gasteiger partial charge in [0.2, 0.25) is 0 Å². The third-order valence-corrected chi connectivity index (χ3v) is 2.97. The van der Waals surface area contributed by atoms with Crippen molar-refractivity contribution in [3.63, 3.8) is 0 Å². The van der Waals surface area contributed by atoms with Gasteiger partial charge in [-0.25, -0.2) is 0 Å². The van der Waals surface area contributed by atoms with Crippen LogP contribution in [0.15, 0.2) is 0 Å². The summed E-state index contributed by atoms with van der Waals surface area (Å²) in [4.78, 5) is 3.07. The van der Waals surface area contributed by atoms with Gasteiger partial charge in [0.05, 0.1) is 18.2 Å². The standard InChI is InChI=1S/C10H20N2OS/c1-3-9-7-13-5-4-12(9)8(2)6-10(11)14/h8-9H,3-7H2,1-2H3,(H2,11,14). The van der Waals surface area contributed by atoms with E-state index in [4.69, 9.17) is 22.7 Å². The second-order valence-electron chi connectivity index (χ2n) is 3.89. The molecule has 2 unspecified atom stereocenters. The van der Waals surface area contributed by atoms with Gasteiger partial charge in [-0.1, -0.05) is 19.1 Å². The van der Waals surface area contributed by atoms with Crippen molar-refractivity contribution < 1.29 is 4.74 Å². The van der Waals surface area contributed by atoms with Gasteiger partial charge < -0.3 is 10.5 Å². The normalized spacial score (nSPS) is 26.0. The van der Waals surface area contributed by atoms with E-state index in [1.807, 2.05) is 0 Å². The van der Waals surface area contributed by atoms with Crippen molar-refractivity contribution in [2.75, 3.05) is 19.8 Å². The van der Waals surface area contributed by atoms with E-state index in [0.717, 1.165) is 32.6 Å². The van der Waals surface area contributed by atoms with Gasteiger partial charge in [0.25, 0.3) is 0 Å². The van der Waals surface area contributed by atoms with Crippen LogP contribution in [0.5, 0.6) is 0 Å². The minimum Gasteiger partial charge on any atom is -0.393 e. The highest BCUT2D eigenvalue weighted by Gasteiger charge is 2.25. The zero-order chi connectivity index (χ0) is 10.6. The number of hydrogen-bond donors (Lipinski definition) is 1. The number of nitrogens with zero attached hydrogens (tertiary/aromatic N) is 1. The molecule has 4 heteroatoms. The number of rotatable bonds is 4. The summed E-state index contributed by atoms with van der Waals surface area (Å²) in [5.41, 5.74) is 5.56. The summed E-state index contributed by atoms with van der Waals surface area (Å²) in [5, 5.41) is 0. The molecule has 1 heterocycles. The molecule has 3 nitrogen and oxygen atoms in total. The van der Waals surface area contributed by atoms with Crippen molar-refractivity contribution in [2.45, 2.75) is 38.8 Å². The fourth-order valence-corrected chi connectivity index (χ4v) is 2.25. The average molecular weight is 216 g/mol. The van der Waals surface area contributed by atoms with Gasteiger partial charge in [-0.2, -0.15) is 0 Å². The first-order valence-corrected chi connectivity index (χ1v) is 5.67. The molecule has 0 saturated carbocycles. The number of morpholine rings is 1. The lowest BCUT2D eigenvalue weighted by atomic mass is 10.1. The second-order valence-corrected chi connectivity index (χ2v) is 4.42. The van der Waals surface area contributed by atoms with Crippen molar-refractivity contribution in [1.29, 1.82) is 0 Å². The Morgan fingerprint density at radius 2 is 2.43 bits per heavy atom. The van der Waals surface area contributed by atoms with Crippen LogP contribution in [0.25, 0.3) is 0 Å². The first-order chi connectivity index (χ1) is 6.65. The smallest absolute Gasteiger partial charge is 0.0742 e. The Bertz CT molecular complexity index is 199. The maximum Gasteiger partial charge on any atom is 0.0742 e. The number of nitrogens with two attached hydrogens (primary N) is 1. The summed E-state index contributed by atoms with van der Waals surface area (Å²) in [5.74, 6) is 0. The summed E-state index contributed by atoms with van der Waals surface area (Å²) in [6.07, 6.45) is 1.94. The van der Waals surface area contributed by atoms with Crippen LogP contribution in [0, 0.1) is 0 Å². The lowest BCUT2D eigenvalue weighted by molar-refractivity contribution is -0.0251. The molecule has 1 saturated heterocycles. The Morgan fingerprint density at radius 1 is 1.71 bits per heavy atom. The third kappa shape index (κ3) is 3.19. The van der Waals surface area contributed by atoms with Crippen molar-refractivity contribution in [3.05, 3.63) is 0 Å². The summed E-state index contributed by atoms with van der Waals surface area (Å²) in [7, 11) is 0. The Morgan fingerprint density at radius 3 is 3.00 bits per heavy atom. The highest BCUT2D eigenvalue weighted by atomic mass is 32.1. The van der Waals surface area contributed by atoms with Crippen LogP contribution in [0.3, 0.4) is 0 Å². The van der Waals surface area contributed by atoms with Crippen LogP contribution >= 0.6 is 12.2 Å². The predicted octanol–water partition coefficient (Wildman–Crippen LogP) is 1.16. The lowest BCUT2D eigenvalue weighted by Gasteiger charge is -2.39. The molecule has 14 heavy (non-hydrogen) atoms. The highest BCUT2D eigenvalue weighted by Crippen LogP contribution is 2.15.